The van der Waals surface area contributed by atoms with E-state index in [0.717, 1.165) is 34.4 Å². The number of fused-ring (bicyclic) bond motifs is 1. The summed E-state index contributed by atoms with van der Waals surface area (Å²) < 4.78 is 2.74. The topological polar surface area (TPSA) is 33.1 Å². The van der Waals surface area contributed by atoms with E-state index in [2.05, 4.69) is 47.6 Å². The highest BCUT2D eigenvalue weighted by Crippen LogP contribution is 2.33. The van der Waals surface area contributed by atoms with Gasteiger partial charge in [-0.2, -0.15) is 0 Å². The number of thiophene rings is 1. The quantitative estimate of drug-likeness (QED) is 0.610. The molecule has 1 atom stereocenters. The molecule has 4 nitrogen and oxygen atoms in total. The lowest BCUT2D eigenvalue weighted by molar-refractivity contribution is 0.145. The zero-order valence-electron chi connectivity index (χ0n) is 14.2. The van der Waals surface area contributed by atoms with Gasteiger partial charge in [0.1, 0.15) is 0 Å². The molecule has 0 unspecified atom stereocenters. The molecule has 0 fully saturated rings. The predicted molar refractivity (Wildman–Crippen MR) is 109 cm³/mol. The van der Waals surface area contributed by atoms with Crippen LogP contribution in [0.4, 0.5) is 10.8 Å². The maximum atomic E-state index is 5.54. The van der Waals surface area contributed by atoms with E-state index in [1.165, 1.54) is 27.3 Å². The highest BCUT2D eigenvalue weighted by atomic mass is 32.1. The van der Waals surface area contributed by atoms with Crippen LogP contribution in [-0.4, -0.2) is 21.2 Å². The third-order valence-electron chi connectivity index (χ3n) is 4.71. The summed E-state index contributed by atoms with van der Waals surface area (Å²) in [5, 5.41) is 11.1. The second-order valence-corrected chi connectivity index (χ2v) is 8.91. The lowest BCUT2D eigenvalue weighted by Crippen LogP contribution is -2.35. The van der Waals surface area contributed by atoms with E-state index in [1.54, 1.807) is 0 Å². The molecule has 3 heterocycles. The number of hydrogen-bond donors (Lipinski definition) is 1. The van der Waals surface area contributed by atoms with Crippen LogP contribution in [0.3, 0.4) is 0 Å². The second-order valence-electron chi connectivity index (χ2n) is 6.29. The molecule has 1 N–H and O–H groups in total. The van der Waals surface area contributed by atoms with Crippen molar-refractivity contribution in [3.05, 3.63) is 55.7 Å². The number of aromatic nitrogens is 2. The molecule has 0 aliphatic carbocycles. The minimum Gasteiger partial charge on any atom is -0.330 e. The largest absolute Gasteiger partial charge is 0.330 e. The Bertz CT molecular complexity index is 940. The molecule has 2 aromatic heterocycles. The maximum Gasteiger partial charge on any atom is 0.209 e. The van der Waals surface area contributed by atoms with E-state index in [1.807, 2.05) is 28.2 Å². The average molecular weight is 389 g/mol. The number of nitrogens with one attached hydrogen (secondary N) is 1. The van der Waals surface area contributed by atoms with Gasteiger partial charge in [0.15, 0.2) is 3.95 Å². The third-order valence-corrected chi connectivity index (χ3v) is 6.93. The Balaban J connectivity index is 1.52. The highest BCUT2D eigenvalue weighted by molar-refractivity contribution is 7.73. The summed E-state index contributed by atoms with van der Waals surface area (Å²) in [5.41, 5.74) is 3.73. The number of para-hydroxylation sites is 1. The van der Waals surface area contributed by atoms with Crippen LogP contribution in [0.5, 0.6) is 0 Å². The molecule has 0 saturated heterocycles. The van der Waals surface area contributed by atoms with Gasteiger partial charge in [-0.15, -0.1) is 16.4 Å². The molecule has 3 aromatic rings. The smallest absolute Gasteiger partial charge is 0.209 e. The van der Waals surface area contributed by atoms with Gasteiger partial charge in [-0.25, -0.2) is 4.68 Å². The lowest BCUT2D eigenvalue weighted by Gasteiger charge is -2.33. The Morgan fingerprint density at radius 2 is 2.16 bits per heavy atom. The number of aryl methyl sites for hydroxylation is 1. The van der Waals surface area contributed by atoms with E-state index in [-0.39, 0.29) is 0 Å². The van der Waals surface area contributed by atoms with Gasteiger partial charge in [0.25, 0.3) is 0 Å². The van der Waals surface area contributed by atoms with Crippen LogP contribution in [-0.2, 0) is 13.1 Å². The zero-order chi connectivity index (χ0) is 17.4. The Labute approximate surface area is 160 Å². The molecule has 4 rings (SSSR count). The molecule has 130 valence electrons. The van der Waals surface area contributed by atoms with Crippen LogP contribution < -0.4 is 5.32 Å². The number of hydrogen-bond acceptors (Lipinski definition) is 6. The Morgan fingerprint density at radius 1 is 1.32 bits per heavy atom. The fourth-order valence-electron chi connectivity index (χ4n) is 3.20. The summed E-state index contributed by atoms with van der Waals surface area (Å²) in [6, 6.07) is 10.9. The molecule has 0 saturated carbocycles. The van der Waals surface area contributed by atoms with Gasteiger partial charge in [0.05, 0.1) is 6.67 Å². The van der Waals surface area contributed by atoms with E-state index in [4.69, 9.17) is 17.3 Å². The third kappa shape index (κ3) is 3.42. The molecule has 25 heavy (non-hydrogen) atoms. The minimum atomic E-state index is 0.409. The van der Waals surface area contributed by atoms with Crippen LogP contribution >= 0.6 is 34.9 Å². The van der Waals surface area contributed by atoms with Gasteiger partial charge < -0.3 is 5.32 Å². The van der Waals surface area contributed by atoms with Crippen LogP contribution in [0, 0.1) is 10.9 Å². The van der Waals surface area contributed by atoms with Crippen molar-refractivity contribution in [2.75, 3.05) is 11.9 Å². The standard InChI is InChI=1S/C18H20N4S3/c1-12-5-3-4-6-15(12)19-17-20-22(18(23)25-17)11-21-9-7-16-14(13(21)2)8-10-24-16/h3-6,8,10,13H,7,9,11H2,1-2H3,(H,19,20)/t13-/m0/s1. The first-order valence-corrected chi connectivity index (χ1v) is 10.4. The molecular formula is C18H20N4S3. The first-order valence-electron chi connectivity index (χ1n) is 8.33. The van der Waals surface area contributed by atoms with Gasteiger partial charge in [-0.1, -0.05) is 29.5 Å². The molecule has 0 spiro atoms. The summed E-state index contributed by atoms with van der Waals surface area (Å²) in [4.78, 5) is 3.97. The highest BCUT2D eigenvalue weighted by Gasteiger charge is 2.25. The van der Waals surface area contributed by atoms with Crippen LogP contribution in [0.1, 0.15) is 29.0 Å². The lowest BCUT2D eigenvalue weighted by atomic mass is 10.0. The summed E-state index contributed by atoms with van der Waals surface area (Å²) in [5.74, 6) is 0. The summed E-state index contributed by atoms with van der Waals surface area (Å²) >= 11 is 8.94. The second kappa shape index (κ2) is 6.99. The first-order chi connectivity index (χ1) is 12.1. The molecule has 0 amide bonds. The minimum absolute atomic E-state index is 0.409. The van der Waals surface area contributed by atoms with Crippen molar-refractivity contribution in [1.82, 2.24) is 14.7 Å². The number of rotatable bonds is 4. The van der Waals surface area contributed by atoms with Gasteiger partial charge in [-0.3, -0.25) is 4.90 Å². The molecule has 0 radical (unpaired) electrons. The van der Waals surface area contributed by atoms with E-state index < -0.39 is 0 Å². The average Bonchev–Trinajstić information content (AvgIpc) is 3.20. The summed E-state index contributed by atoms with van der Waals surface area (Å²) in [7, 11) is 0. The van der Waals surface area contributed by atoms with Gasteiger partial charge >= 0.3 is 0 Å². The van der Waals surface area contributed by atoms with Crippen LogP contribution in [0.25, 0.3) is 0 Å². The zero-order valence-corrected chi connectivity index (χ0v) is 16.7. The van der Waals surface area contributed by atoms with E-state index >= 15 is 0 Å². The summed E-state index contributed by atoms with van der Waals surface area (Å²) in [6.45, 7) is 6.15. The number of benzene rings is 1. The van der Waals surface area contributed by atoms with Gasteiger partial charge in [0, 0.05) is 23.2 Å². The van der Waals surface area contributed by atoms with Crippen molar-refractivity contribution in [3.8, 4) is 0 Å². The Hall–Kier alpha value is -1.54. The number of nitrogens with zero attached hydrogens (tertiary/aromatic N) is 3. The van der Waals surface area contributed by atoms with Crippen molar-refractivity contribution in [3.63, 3.8) is 0 Å². The van der Waals surface area contributed by atoms with Crippen molar-refractivity contribution in [1.29, 1.82) is 0 Å². The van der Waals surface area contributed by atoms with E-state index in [0.29, 0.717) is 6.04 Å². The molecule has 1 aliphatic heterocycles. The van der Waals surface area contributed by atoms with Crippen molar-refractivity contribution < 1.29 is 0 Å². The molecular weight excluding hydrogens is 368 g/mol. The maximum absolute atomic E-state index is 5.54. The van der Waals surface area contributed by atoms with Gasteiger partial charge in [-0.05, 0) is 61.1 Å². The molecule has 0 bridgehead atoms. The molecule has 1 aromatic carbocycles. The van der Waals surface area contributed by atoms with Crippen molar-refractivity contribution in [2.24, 2.45) is 0 Å². The SMILES string of the molecule is Cc1ccccc1Nc1nn(CN2CCc3sccc3[C@@H]2C)c(=S)s1. The first kappa shape index (κ1) is 16.9. The summed E-state index contributed by atoms with van der Waals surface area (Å²) in [6.07, 6.45) is 1.11. The van der Waals surface area contributed by atoms with E-state index in [9.17, 15) is 0 Å². The molecule has 7 heteroatoms. The Kier molecular flexibility index (Phi) is 4.73. The predicted octanol–water partition coefficient (Wildman–Crippen LogP) is 5.36. The number of anilines is 2. The van der Waals surface area contributed by atoms with Crippen LogP contribution in [0.15, 0.2) is 35.7 Å². The van der Waals surface area contributed by atoms with Crippen LogP contribution in [0.2, 0.25) is 0 Å². The van der Waals surface area contributed by atoms with Crippen molar-refractivity contribution in [2.45, 2.75) is 33.0 Å². The van der Waals surface area contributed by atoms with Gasteiger partial charge in [0.2, 0.25) is 5.13 Å². The fourth-order valence-corrected chi connectivity index (χ4v) is 5.17. The fraction of sp³-hybridized carbons (Fsp3) is 0.333. The Morgan fingerprint density at radius 3 is 3.00 bits per heavy atom. The van der Waals surface area contributed by atoms with Crippen molar-refractivity contribution >= 4 is 45.7 Å². The normalized spacial score (nSPS) is 17.4. The molecule has 1 aliphatic rings. The monoisotopic (exact) mass is 388 g/mol.